The molecule has 0 saturated carbocycles. The van der Waals surface area contributed by atoms with Crippen molar-refractivity contribution < 1.29 is 13.2 Å². The van der Waals surface area contributed by atoms with Crippen molar-refractivity contribution in [1.82, 2.24) is 4.72 Å². The van der Waals surface area contributed by atoms with Crippen molar-refractivity contribution in [2.45, 2.75) is 30.8 Å². The average molecular weight is 363 g/mol. The van der Waals surface area contributed by atoms with E-state index in [4.69, 9.17) is 10.5 Å². The number of nitrogens with two attached hydrogens (primary N) is 1. The number of benzene rings is 1. The summed E-state index contributed by atoms with van der Waals surface area (Å²) in [5, 5.41) is 0. The summed E-state index contributed by atoms with van der Waals surface area (Å²) in [5.74, 6) is 0.231. The van der Waals surface area contributed by atoms with Crippen molar-refractivity contribution in [2.75, 3.05) is 18.9 Å². The molecule has 1 saturated heterocycles. The first-order valence-electron chi connectivity index (χ1n) is 6.60. The lowest BCUT2D eigenvalue weighted by Gasteiger charge is -2.17. The van der Waals surface area contributed by atoms with Gasteiger partial charge in [-0.2, -0.15) is 0 Å². The van der Waals surface area contributed by atoms with E-state index in [0.29, 0.717) is 23.3 Å². The number of anilines is 1. The van der Waals surface area contributed by atoms with E-state index < -0.39 is 10.0 Å². The highest BCUT2D eigenvalue weighted by Gasteiger charge is 2.28. The van der Waals surface area contributed by atoms with Crippen molar-refractivity contribution in [3.63, 3.8) is 0 Å². The summed E-state index contributed by atoms with van der Waals surface area (Å²) < 4.78 is 33.4. The maximum atomic E-state index is 12.3. The van der Waals surface area contributed by atoms with Crippen LogP contribution in [0.5, 0.6) is 0 Å². The fourth-order valence-electron chi connectivity index (χ4n) is 2.40. The highest BCUT2D eigenvalue weighted by molar-refractivity contribution is 9.10. The van der Waals surface area contributed by atoms with Crippen LogP contribution in [0.1, 0.15) is 19.8 Å². The van der Waals surface area contributed by atoms with Crippen molar-refractivity contribution in [2.24, 2.45) is 5.92 Å². The summed E-state index contributed by atoms with van der Waals surface area (Å²) in [5.41, 5.74) is 6.07. The van der Waals surface area contributed by atoms with E-state index in [-0.39, 0.29) is 16.9 Å². The molecule has 0 aliphatic carbocycles. The molecule has 1 aromatic carbocycles. The Hall–Kier alpha value is -0.630. The number of nitrogens with one attached hydrogen (secondary N) is 1. The highest BCUT2D eigenvalue weighted by Crippen LogP contribution is 2.26. The molecule has 20 heavy (non-hydrogen) atoms. The number of hydrogen-bond donors (Lipinski definition) is 2. The second-order valence-electron chi connectivity index (χ2n) is 4.91. The predicted octanol–water partition coefficient (Wildman–Crippen LogP) is 2.12. The van der Waals surface area contributed by atoms with Gasteiger partial charge in [0, 0.05) is 29.2 Å². The third-order valence-electron chi connectivity index (χ3n) is 3.53. The fourth-order valence-corrected chi connectivity index (χ4v) is 4.49. The molecule has 0 bridgehead atoms. The van der Waals surface area contributed by atoms with E-state index in [1.807, 2.05) is 6.92 Å². The van der Waals surface area contributed by atoms with Gasteiger partial charge < -0.3 is 10.5 Å². The molecule has 5 nitrogen and oxygen atoms in total. The summed E-state index contributed by atoms with van der Waals surface area (Å²) in [6.45, 7) is 3.14. The Morgan fingerprint density at radius 1 is 1.50 bits per heavy atom. The predicted molar refractivity (Wildman–Crippen MR) is 81.9 cm³/mol. The van der Waals surface area contributed by atoms with Crippen molar-refractivity contribution in [3.05, 3.63) is 22.7 Å². The second kappa shape index (κ2) is 6.43. The lowest BCUT2D eigenvalue weighted by Crippen LogP contribution is -2.33. The molecule has 2 rings (SSSR count). The third kappa shape index (κ3) is 3.52. The zero-order chi connectivity index (χ0) is 14.8. The molecular formula is C13H19BrN2O3S. The van der Waals surface area contributed by atoms with Gasteiger partial charge in [0.15, 0.2) is 0 Å². The molecule has 2 unspecified atom stereocenters. The first-order valence-corrected chi connectivity index (χ1v) is 8.88. The molecule has 1 aliphatic heterocycles. The van der Waals surface area contributed by atoms with Crippen molar-refractivity contribution in [1.29, 1.82) is 0 Å². The van der Waals surface area contributed by atoms with Crippen LogP contribution in [0.2, 0.25) is 0 Å². The van der Waals surface area contributed by atoms with Gasteiger partial charge in [-0.1, -0.05) is 6.92 Å². The van der Waals surface area contributed by atoms with Gasteiger partial charge in [0.25, 0.3) is 0 Å². The van der Waals surface area contributed by atoms with Gasteiger partial charge in [-0.05, 0) is 47.0 Å². The summed E-state index contributed by atoms with van der Waals surface area (Å²) in [6.07, 6.45) is 1.93. The molecular weight excluding hydrogens is 344 g/mol. The largest absolute Gasteiger partial charge is 0.399 e. The summed E-state index contributed by atoms with van der Waals surface area (Å²) in [4.78, 5) is 0.171. The standard InChI is InChI=1S/C13H19BrN2O3S/c1-2-12-9(5-6-19-12)8-16-20(17,18)13-7-10(15)3-4-11(13)14/h3-4,7,9,12,16H,2,5-6,8,15H2,1H3. The fraction of sp³-hybridized carbons (Fsp3) is 0.538. The minimum atomic E-state index is -3.57. The monoisotopic (exact) mass is 362 g/mol. The Balaban J connectivity index is 2.09. The SMILES string of the molecule is CCC1OCCC1CNS(=O)(=O)c1cc(N)ccc1Br. The zero-order valence-corrected chi connectivity index (χ0v) is 13.7. The van der Waals surface area contributed by atoms with Gasteiger partial charge >= 0.3 is 0 Å². The Morgan fingerprint density at radius 3 is 2.95 bits per heavy atom. The average Bonchev–Trinajstić information content (AvgIpc) is 2.86. The van der Waals surface area contributed by atoms with Crippen molar-refractivity contribution >= 4 is 31.6 Å². The van der Waals surface area contributed by atoms with Gasteiger partial charge in [0.2, 0.25) is 10.0 Å². The van der Waals surface area contributed by atoms with Gasteiger partial charge in [-0.25, -0.2) is 13.1 Å². The lowest BCUT2D eigenvalue weighted by atomic mass is 10.0. The molecule has 112 valence electrons. The topological polar surface area (TPSA) is 81.4 Å². The van der Waals surface area contributed by atoms with E-state index in [1.54, 1.807) is 12.1 Å². The highest BCUT2D eigenvalue weighted by atomic mass is 79.9. The molecule has 1 aromatic rings. The van der Waals surface area contributed by atoms with Crippen molar-refractivity contribution in [3.8, 4) is 0 Å². The molecule has 1 heterocycles. The molecule has 1 fully saturated rings. The van der Waals surface area contributed by atoms with E-state index in [2.05, 4.69) is 20.7 Å². The minimum Gasteiger partial charge on any atom is -0.399 e. The Labute approximate surface area is 128 Å². The molecule has 0 spiro atoms. The molecule has 3 N–H and O–H groups in total. The number of halogens is 1. The van der Waals surface area contributed by atoms with Crippen LogP contribution in [-0.2, 0) is 14.8 Å². The lowest BCUT2D eigenvalue weighted by molar-refractivity contribution is 0.0884. The van der Waals surface area contributed by atoms with Gasteiger partial charge in [0.05, 0.1) is 11.0 Å². The number of rotatable bonds is 5. The summed E-state index contributed by atoms with van der Waals surface area (Å²) in [7, 11) is -3.57. The van der Waals surface area contributed by atoms with Crippen LogP contribution in [0, 0.1) is 5.92 Å². The maximum Gasteiger partial charge on any atom is 0.241 e. The van der Waals surface area contributed by atoms with E-state index in [1.165, 1.54) is 6.07 Å². The van der Waals surface area contributed by atoms with Crippen LogP contribution in [0.4, 0.5) is 5.69 Å². The van der Waals surface area contributed by atoms with E-state index in [0.717, 1.165) is 12.8 Å². The van der Waals surface area contributed by atoms with Gasteiger partial charge in [-0.15, -0.1) is 0 Å². The summed E-state index contributed by atoms with van der Waals surface area (Å²) in [6, 6.07) is 4.74. The van der Waals surface area contributed by atoms with Crippen LogP contribution in [-0.4, -0.2) is 27.7 Å². The van der Waals surface area contributed by atoms with Crippen LogP contribution in [0.25, 0.3) is 0 Å². The number of sulfonamides is 1. The maximum absolute atomic E-state index is 12.3. The first-order chi connectivity index (χ1) is 9.44. The molecule has 0 radical (unpaired) electrons. The zero-order valence-electron chi connectivity index (χ0n) is 11.3. The number of hydrogen-bond acceptors (Lipinski definition) is 4. The first kappa shape index (κ1) is 15.8. The smallest absolute Gasteiger partial charge is 0.241 e. The Kier molecular flexibility index (Phi) is 5.06. The minimum absolute atomic E-state index is 0.141. The molecule has 1 aliphatic rings. The number of nitrogen functional groups attached to an aromatic ring is 1. The third-order valence-corrected chi connectivity index (χ3v) is 5.95. The molecule has 0 amide bonds. The van der Waals surface area contributed by atoms with Gasteiger partial charge in [-0.3, -0.25) is 0 Å². The van der Waals surface area contributed by atoms with Crippen LogP contribution >= 0.6 is 15.9 Å². The normalized spacial score (nSPS) is 23.1. The Morgan fingerprint density at radius 2 is 2.25 bits per heavy atom. The quantitative estimate of drug-likeness (QED) is 0.786. The second-order valence-corrected chi connectivity index (χ2v) is 7.50. The Bertz CT molecular complexity index is 577. The summed E-state index contributed by atoms with van der Waals surface area (Å²) >= 11 is 3.25. The van der Waals surface area contributed by atoms with Crippen LogP contribution in [0.3, 0.4) is 0 Å². The van der Waals surface area contributed by atoms with E-state index in [9.17, 15) is 8.42 Å². The molecule has 2 atom stereocenters. The number of ether oxygens (including phenoxy) is 1. The molecule has 0 aromatic heterocycles. The van der Waals surface area contributed by atoms with Gasteiger partial charge in [0.1, 0.15) is 0 Å². The van der Waals surface area contributed by atoms with Crippen LogP contribution < -0.4 is 10.5 Å². The van der Waals surface area contributed by atoms with Crippen LogP contribution in [0.15, 0.2) is 27.6 Å². The van der Waals surface area contributed by atoms with E-state index >= 15 is 0 Å². The molecule has 7 heteroatoms.